The molecule has 4 nitrogen and oxygen atoms in total. The molecule has 1 unspecified atom stereocenters. The standard InChI is InChI=1S/C13H20N2O2/c1-9(2)12(13(16)17-4)15-10(3)11-5-7-14-8-6-11/h5-10,12,15H,1-4H3/t10?,12-/m0/s1. The summed E-state index contributed by atoms with van der Waals surface area (Å²) < 4.78 is 4.80. The van der Waals surface area contributed by atoms with Gasteiger partial charge in [0.15, 0.2) is 0 Å². The third-order valence-corrected chi connectivity index (χ3v) is 2.76. The number of esters is 1. The topological polar surface area (TPSA) is 51.2 Å². The lowest BCUT2D eigenvalue weighted by Gasteiger charge is -2.24. The molecule has 0 saturated heterocycles. The van der Waals surface area contributed by atoms with E-state index >= 15 is 0 Å². The lowest BCUT2D eigenvalue weighted by Crippen LogP contribution is -2.42. The average molecular weight is 236 g/mol. The molecule has 2 atom stereocenters. The van der Waals surface area contributed by atoms with Crippen LogP contribution in [-0.4, -0.2) is 24.1 Å². The van der Waals surface area contributed by atoms with Crippen LogP contribution in [0.5, 0.6) is 0 Å². The summed E-state index contributed by atoms with van der Waals surface area (Å²) in [7, 11) is 1.41. The van der Waals surface area contributed by atoms with Gasteiger partial charge in [-0.05, 0) is 30.5 Å². The molecule has 0 spiro atoms. The average Bonchev–Trinajstić information content (AvgIpc) is 2.35. The van der Waals surface area contributed by atoms with Crippen molar-refractivity contribution in [3.63, 3.8) is 0 Å². The molecule has 0 bridgehead atoms. The number of nitrogens with one attached hydrogen (secondary N) is 1. The number of methoxy groups -OCH3 is 1. The van der Waals surface area contributed by atoms with Crippen molar-refractivity contribution in [2.24, 2.45) is 5.92 Å². The molecular weight excluding hydrogens is 216 g/mol. The zero-order chi connectivity index (χ0) is 12.8. The Balaban J connectivity index is 2.71. The van der Waals surface area contributed by atoms with Crippen molar-refractivity contribution in [2.45, 2.75) is 32.9 Å². The molecule has 0 fully saturated rings. The second-order valence-electron chi connectivity index (χ2n) is 4.41. The van der Waals surface area contributed by atoms with E-state index in [1.165, 1.54) is 7.11 Å². The Hall–Kier alpha value is -1.42. The van der Waals surface area contributed by atoms with Crippen molar-refractivity contribution in [3.8, 4) is 0 Å². The smallest absolute Gasteiger partial charge is 0.323 e. The minimum absolute atomic E-state index is 0.0875. The van der Waals surface area contributed by atoms with E-state index in [0.717, 1.165) is 5.56 Å². The fourth-order valence-electron chi connectivity index (χ4n) is 1.68. The highest BCUT2D eigenvalue weighted by atomic mass is 16.5. The molecule has 1 aromatic rings. The SMILES string of the molecule is COC(=O)[C@@H](NC(C)c1ccncc1)C(C)C. The van der Waals surface area contributed by atoms with Crippen molar-refractivity contribution in [3.05, 3.63) is 30.1 Å². The van der Waals surface area contributed by atoms with Crippen molar-refractivity contribution in [1.82, 2.24) is 10.3 Å². The van der Waals surface area contributed by atoms with E-state index in [1.54, 1.807) is 12.4 Å². The number of rotatable bonds is 5. The molecule has 1 N–H and O–H groups in total. The van der Waals surface area contributed by atoms with Crippen LogP contribution in [0, 0.1) is 5.92 Å². The van der Waals surface area contributed by atoms with E-state index in [1.807, 2.05) is 32.9 Å². The first kappa shape index (κ1) is 13.6. The molecule has 0 aromatic carbocycles. The van der Waals surface area contributed by atoms with Gasteiger partial charge in [-0.15, -0.1) is 0 Å². The van der Waals surface area contributed by atoms with E-state index in [-0.39, 0.29) is 24.0 Å². The number of hydrogen-bond donors (Lipinski definition) is 1. The van der Waals surface area contributed by atoms with Crippen LogP contribution in [0.25, 0.3) is 0 Å². The Morgan fingerprint density at radius 3 is 2.35 bits per heavy atom. The third-order valence-electron chi connectivity index (χ3n) is 2.76. The number of nitrogens with zero attached hydrogens (tertiary/aromatic N) is 1. The fourth-order valence-corrected chi connectivity index (χ4v) is 1.68. The molecule has 1 heterocycles. The summed E-state index contributed by atoms with van der Waals surface area (Å²) in [4.78, 5) is 15.6. The van der Waals surface area contributed by atoms with Crippen molar-refractivity contribution in [1.29, 1.82) is 0 Å². The lowest BCUT2D eigenvalue weighted by molar-refractivity contribution is -0.144. The fraction of sp³-hybridized carbons (Fsp3) is 0.538. The molecule has 0 aliphatic carbocycles. The van der Waals surface area contributed by atoms with Crippen LogP contribution in [0.15, 0.2) is 24.5 Å². The zero-order valence-corrected chi connectivity index (χ0v) is 10.8. The lowest BCUT2D eigenvalue weighted by atomic mass is 10.0. The normalized spacial score (nSPS) is 14.4. The second-order valence-corrected chi connectivity index (χ2v) is 4.41. The molecule has 0 aliphatic rings. The number of hydrogen-bond acceptors (Lipinski definition) is 4. The highest BCUT2D eigenvalue weighted by Crippen LogP contribution is 2.14. The van der Waals surface area contributed by atoms with Crippen LogP contribution in [0.1, 0.15) is 32.4 Å². The van der Waals surface area contributed by atoms with Crippen molar-refractivity contribution >= 4 is 5.97 Å². The largest absolute Gasteiger partial charge is 0.468 e. The first-order chi connectivity index (χ1) is 8.06. The monoisotopic (exact) mass is 236 g/mol. The maximum atomic E-state index is 11.6. The molecule has 0 aliphatic heterocycles. The van der Waals surface area contributed by atoms with Gasteiger partial charge in [0.1, 0.15) is 6.04 Å². The summed E-state index contributed by atoms with van der Waals surface area (Å²) in [6.07, 6.45) is 3.49. The number of ether oxygens (including phenoxy) is 1. The Labute approximate surface area is 102 Å². The zero-order valence-electron chi connectivity index (χ0n) is 10.8. The summed E-state index contributed by atoms with van der Waals surface area (Å²) in [6.45, 7) is 6.01. The minimum atomic E-state index is -0.289. The Kier molecular flexibility index (Phi) is 5.10. The van der Waals surface area contributed by atoms with Crippen LogP contribution in [0.3, 0.4) is 0 Å². The van der Waals surface area contributed by atoms with Crippen LogP contribution >= 0.6 is 0 Å². The number of carbonyl (C=O) groups is 1. The van der Waals surface area contributed by atoms with E-state index in [2.05, 4.69) is 10.3 Å². The van der Waals surface area contributed by atoms with Crippen molar-refractivity contribution < 1.29 is 9.53 Å². The van der Waals surface area contributed by atoms with E-state index < -0.39 is 0 Å². The van der Waals surface area contributed by atoms with Gasteiger partial charge < -0.3 is 4.74 Å². The van der Waals surface area contributed by atoms with Crippen molar-refractivity contribution in [2.75, 3.05) is 7.11 Å². The summed E-state index contributed by atoms with van der Waals surface area (Å²) in [5, 5.41) is 3.28. The predicted molar refractivity (Wildman–Crippen MR) is 66.4 cm³/mol. The van der Waals surface area contributed by atoms with Gasteiger partial charge in [-0.3, -0.25) is 15.1 Å². The highest BCUT2D eigenvalue weighted by Gasteiger charge is 2.24. The van der Waals surface area contributed by atoms with Crippen LogP contribution in [0.4, 0.5) is 0 Å². The van der Waals surface area contributed by atoms with Gasteiger partial charge in [0.05, 0.1) is 7.11 Å². The van der Waals surface area contributed by atoms with Gasteiger partial charge in [-0.25, -0.2) is 0 Å². The second kappa shape index (κ2) is 6.35. The maximum Gasteiger partial charge on any atom is 0.323 e. The predicted octanol–water partition coefficient (Wildman–Crippen LogP) is 1.93. The van der Waals surface area contributed by atoms with E-state index in [9.17, 15) is 4.79 Å². The summed E-state index contributed by atoms with van der Waals surface area (Å²) in [5.41, 5.74) is 1.11. The number of carbonyl (C=O) groups excluding carboxylic acids is 1. The molecule has 94 valence electrons. The molecule has 1 aromatic heterocycles. The van der Waals surface area contributed by atoms with Gasteiger partial charge >= 0.3 is 5.97 Å². The summed E-state index contributed by atoms with van der Waals surface area (Å²) in [5.74, 6) is -0.0346. The summed E-state index contributed by atoms with van der Waals surface area (Å²) >= 11 is 0. The molecule has 0 amide bonds. The Morgan fingerprint density at radius 2 is 1.88 bits per heavy atom. The van der Waals surface area contributed by atoms with E-state index in [4.69, 9.17) is 4.74 Å². The van der Waals surface area contributed by atoms with Gasteiger partial charge in [0.2, 0.25) is 0 Å². The number of aromatic nitrogens is 1. The van der Waals surface area contributed by atoms with Crippen LogP contribution in [-0.2, 0) is 9.53 Å². The first-order valence-corrected chi connectivity index (χ1v) is 5.80. The molecule has 0 radical (unpaired) electrons. The molecular formula is C13H20N2O2. The minimum Gasteiger partial charge on any atom is -0.468 e. The highest BCUT2D eigenvalue weighted by molar-refractivity contribution is 5.76. The Morgan fingerprint density at radius 1 is 1.29 bits per heavy atom. The number of pyridine rings is 1. The molecule has 0 saturated carbocycles. The molecule has 4 heteroatoms. The van der Waals surface area contributed by atoms with E-state index in [0.29, 0.717) is 0 Å². The first-order valence-electron chi connectivity index (χ1n) is 5.80. The van der Waals surface area contributed by atoms with Gasteiger partial charge in [0, 0.05) is 18.4 Å². The molecule has 17 heavy (non-hydrogen) atoms. The summed E-state index contributed by atoms with van der Waals surface area (Å²) in [6, 6.07) is 3.67. The van der Waals surface area contributed by atoms with Crippen LogP contribution in [0.2, 0.25) is 0 Å². The third kappa shape index (κ3) is 3.82. The molecule has 1 rings (SSSR count). The quantitative estimate of drug-likeness (QED) is 0.794. The van der Waals surface area contributed by atoms with Gasteiger partial charge in [-0.2, -0.15) is 0 Å². The maximum absolute atomic E-state index is 11.6. The van der Waals surface area contributed by atoms with Gasteiger partial charge in [0.25, 0.3) is 0 Å². The Bertz CT molecular complexity index is 352. The van der Waals surface area contributed by atoms with Crippen LogP contribution < -0.4 is 5.32 Å². The van der Waals surface area contributed by atoms with Gasteiger partial charge in [-0.1, -0.05) is 13.8 Å².